The topological polar surface area (TPSA) is 136 Å². The van der Waals surface area contributed by atoms with Crippen LogP contribution in [-0.4, -0.2) is 81.4 Å². The monoisotopic (exact) mass is 517 g/mol. The lowest BCUT2D eigenvalue weighted by molar-refractivity contribution is -0.281. The number of carbonyl (C=O) groups excluding carboxylic acids is 4. The van der Waals surface area contributed by atoms with Crippen molar-refractivity contribution in [2.24, 2.45) is 0 Å². The van der Waals surface area contributed by atoms with Crippen LogP contribution in [0.5, 0.6) is 0 Å². The first-order chi connectivity index (χ1) is 17.2. The smallest absolute Gasteiger partial charge is 0.331 e. The predicted octanol–water partition coefficient (Wildman–Crippen LogP) is 2.43. The molecule has 1 N–H and O–H groups in total. The highest BCUT2D eigenvalue weighted by molar-refractivity contribution is 5.73. The lowest BCUT2D eigenvalue weighted by Gasteiger charge is -2.45. The minimum absolute atomic E-state index is 0.240. The van der Waals surface area contributed by atoms with E-state index in [0.717, 1.165) is 19.3 Å². The Morgan fingerprint density at radius 2 is 1.47 bits per heavy atom. The van der Waals surface area contributed by atoms with E-state index in [2.05, 4.69) is 17.0 Å². The summed E-state index contributed by atoms with van der Waals surface area (Å²) in [6.45, 7) is 5.62. The van der Waals surface area contributed by atoms with Crippen LogP contribution in [-0.2, 0) is 47.6 Å². The van der Waals surface area contributed by atoms with Crippen molar-refractivity contribution in [1.29, 1.82) is 0 Å². The summed E-state index contributed by atoms with van der Waals surface area (Å²) < 4.78 is 32.9. The molecule has 11 nitrogen and oxygen atoms in total. The van der Waals surface area contributed by atoms with Crippen molar-refractivity contribution in [3.8, 4) is 0 Å². The van der Waals surface area contributed by atoms with E-state index in [1.54, 1.807) is 0 Å². The molecule has 0 aromatic heterocycles. The number of hydrogen-bond donors (Lipinski definition) is 1. The molecule has 36 heavy (non-hydrogen) atoms. The van der Waals surface area contributed by atoms with Gasteiger partial charge in [-0.05, 0) is 6.42 Å². The Hall–Kier alpha value is -2.24. The van der Waals surface area contributed by atoms with E-state index >= 15 is 0 Å². The zero-order valence-corrected chi connectivity index (χ0v) is 22.2. The van der Waals surface area contributed by atoms with Gasteiger partial charge in [-0.15, -0.1) is 0 Å². The fourth-order valence-corrected chi connectivity index (χ4v) is 3.96. The van der Waals surface area contributed by atoms with Crippen LogP contribution in [0.4, 0.5) is 0 Å². The van der Waals surface area contributed by atoms with E-state index in [9.17, 15) is 19.2 Å². The standard InChI is InChI=1S/C25H43NO10/c1-6-7-8-9-10-11-12-13-14-32-25-22(26-17(2)27)24(34-16-21(30)31-5)23(35-19(4)29)20(36-25)15-33-18(3)28/h20,22-25H,6-16H2,1-5H3,(H,26,27)/t20-,22-,23+,24-,25-/m1/s1. The molecule has 1 heterocycles. The maximum absolute atomic E-state index is 12.0. The summed E-state index contributed by atoms with van der Waals surface area (Å²) in [4.78, 5) is 47.1. The maximum atomic E-state index is 12.0. The largest absolute Gasteiger partial charge is 0.467 e. The first-order valence-electron chi connectivity index (χ1n) is 12.7. The molecule has 1 amide bonds. The number of esters is 3. The number of nitrogens with one attached hydrogen (secondary N) is 1. The molecule has 11 heteroatoms. The molecule has 0 radical (unpaired) electrons. The third-order valence-corrected chi connectivity index (χ3v) is 5.67. The summed E-state index contributed by atoms with van der Waals surface area (Å²) in [5.74, 6) is -2.23. The van der Waals surface area contributed by atoms with E-state index in [1.807, 2.05) is 0 Å². The van der Waals surface area contributed by atoms with Gasteiger partial charge >= 0.3 is 17.9 Å². The van der Waals surface area contributed by atoms with Crippen LogP contribution in [0.25, 0.3) is 0 Å². The van der Waals surface area contributed by atoms with Gasteiger partial charge < -0.3 is 33.7 Å². The molecule has 0 aromatic rings. The molecule has 5 atom stereocenters. The lowest BCUT2D eigenvalue weighted by Crippen LogP contribution is -2.66. The maximum Gasteiger partial charge on any atom is 0.331 e. The van der Waals surface area contributed by atoms with Crippen LogP contribution in [0.1, 0.15) is 79.1 Å². The second-order valence-corrected chi connectivity index (χ2v) is 8.84. The van der Waals surface area contributed by atoms with Crippen molar-refractivity contribution in [2.45, 2.75) is 110 Å². The van der Waals surface area contributed by atoms with Crippen molar-refractivity contribution < 1.29 is 47.6 Å². The minimum Gasteiger partial charge on any atom is -0.467 e. The predicted molar refractivity (Wildman–Crippen MR) is 129 cm³/mol. The summed E-state index contributed by atoms with van der Waals surface area (Å²) >= 11 is 0. The molecule has 1 saturated heterocycles. The third kappa shape index (κ3) is 12.6. The quantitative estimate of drug-likeness (QED) is 0.174. The molecule has 0 aliphatic carbocycles. The summed E-state index contributed by atoms with van der Waals surface area (Å²) in [5.41, 5.74) is 0. The SMILES string of the molecule is CCCCCCCCCCO[C@@H]1O[C@H](COC(C)=O)[C@H](OC(C)=O)[C@H](OCC(=O)OC)[C@H]1NC(C)=O. The van der Waals surface area contributed by atoms with Gasteiger partial charge in [0.25, 0.3) is 0 Å². The van der Waals surface area contributed by atoms with E-state index in [-0.39, 0.29) is 6.61 Å². The van der Waals surface area contributed by atoms with Crippen LogP contribution >= 0.6 is 0 Å². The summed E-state index contributed by atoms with van der Waals surface area (Å²) in [6.07, 6.45) is 4.93. The zero-order valence-electron chi connectivity index (χ0n) is 22.2. The van der Waals surface area contributed by atoms with Gasteiger partial charge in [-0.3, -0.25) is 14.4 Å². The first kappa shape index (κ1) is 31.8. The number of carbonyl (C=O) groups is 4. The van der Waals surface area contributed by atoms with Gasteiger partial charge in [0, 0.05) is 27.4 Å². The normalized spacial score (nSPS) is 23.5. The van der Waals surface area contributed by atoms with Crippen LogP contribution in [0.2, 0.25) is 0 Å². The fourth-order valence-electron chi connectivity index (χ4n) is 3.96. The molecule has 0 bridgehead atoms. The van der Waals surface area contributed by atoms with Crippen LogP contribution in [0.15, 0.2) is 0 Å². The van der Waals surface area contributed by atoms with Crippen LogP contribution in [0, 0.1) is 0 Å². The Morgan fingerprint density at radius 3 is 2.03 bits per heavy atom. The van der Waals surface area contributed by atoms with Gasteiger partial charge in [0.05, 0.1) is 7.11 Å². The molecule has 0 unspecified atom stereocenters. The second-order valence-electron chi connectivity index (χ2n) is 8.84. The lowest BCUT2D eigenvalue weighted by atomic mass is 9.96. The molecule has 1 aliphatic heterocycles. The fraction of sp³-hybridized carbons (Fsp3) is 0.840. The number of amides is 1. The van der Waals surface area contributed by atoms with E-state index < -0.39 is 61.1 Å². The molecule has 0 saturated carbocycles. The van der Waals surface area contributed by atoms with E-state index in [0.29, 0.717) is 6.61 Å². The highest BCUT2D eigenvalue weighted by Crippen LogP contribution is 2.28. The molecule has 1 fully saturated rings. The Bertz CT molecular complexity index is 686. The number of unbranched alkanes of at least 4 members (excludes halogenated alkanes) is 7. The number of rotatable bonds is 17. The highest BCUT2D eigenvalue weighted by atomic mass is 16.7. The number of hydrogen-bond acceptors (Lipinski definition) is 10. The van der Waals surface area contributed by atoms with Crippen molar-refractivity contribution >= 4 is 23.8 Å². The highest BCUT2D eigenvalue weighted by Gasteiger charge is 2.50. The molecular weight excluding hydrogens is 474 g/mol. The second kappa shape index (κ2) is 18.1. The average Bonchev–Trinajstić information content (AvgIpc) is 2.81. The molecular formula is C25H43NO10. The Morgan fingerprint density at radius 1 is 0.833 bits per heavy atom. The molecule has 0 spiro atoms. The third-order valence-electron chi connectivity index (χ3n) is 5.67. The molecule has 1 aliphatic rings. The van der Waals surface area contributed by atoms with Crippen LogP contribution < -0.4 is 5.32 Å². The van der Waals surface area contributed by atoms with Gasteiger partial charge in [0.1, 0.15) is 31.5 Å². The van der Waals surface area contributed by atoms with Gasteiger partial charge in [-0.25, -0.2) is 4.79 Å². The summed E-state index contributed by atoms with van der Waals surface area (Å²) in [6, 6.07) is -0.904. The Labute approximate surface area is 213 Å². The van der Waals surface area contributed by atoms with Gasteiger partial charge in [0.15, 0.2) is 12.4 Å². The van der Waals surface area contributed by atoms with Gasteiger partial charge in [-0.1, -0.05) is 51.9 Å². The summed E-state index contributed by atoms with van der Waals surface area (Å²) in [5, 5.41) is 2.73. The van der Waals surface area contributed by atoms with E-state index in [4.69, 9.17) is 23.7 Å². The van der Waals surface area contributed by atoms with Gasteiger partial charge in [-0.2, -0.15) is 0 Å². The Kier molecular flexibility index (Phi) is 16.0. The van der Waals surface area contributed by atoms with E-state index in [1.165, 1.54) is 60.0 Å². The molecule has 208 valence electrons. The summed E-state index contributed by atoms with van der Waals surface area (Å²) in [7, 11) is 1.21. The average molecular weight is 518 g/mol. The first-order valence-corrected chi connectivity index (χ1v) is 12.7. The van der Waals surface area contributed by atoms with Crippen molar-refractivity contribution in [3.05, 3.63) is 0 Å². The number of methoxy groups -OCH3 is 1. The van der Waals surface area contributed by atoms with Crippen LogP contribution in [0.3, 0.4) is 0 Å². The van der Waals surface area contributed by atoms with Crippen molar-refractivity contribution in [2.75, 3.05) is 26.9 Å². The minimum atomic E-state index is -1.09. The molecule has 0 aromatic carbocycles. The Balaban J connectivity index is 2.95. The zero-order chi connectivity index (χ0) is 26.9. The molecule has 1 rings (SSSR count). The van der Waals surface area contributed by atoms with Crippen molar-refractivity contribution in [3.63, 3.8) is 0 Å². The van der Waals surface area contributed by atoms with Crippen molar-refractivity contribution in [1.82, 2.24) is 5.32 Å². The number of ether oxygens (including phenoxy) is 6. The van der Waals surface area contributed by atoms with Gasteiger partial charge in [0.2, 0.25) is 5.91 Å².